The maximum absolute atomic E-state index is 6.48. The molecule has 4 aromatic carbocycles. The van der Waals surface area contributed by atoms with Gasteiger partial charge < -0.3 is 14.4 Å². The Bertz CT molecular complexity index is 2190. The van der Waals surface area contributed by atoms with Crippen molar-refractivity contribution in [2.24, 2.45) is 5.92 Å². The molecule has 0 unspecified atom stereocenters. The van der Waals surface area contributed by atoms with Gasteiger partial charge in [-0.3, -0.25) is 0 Å². The molecule has 0 spiro atoms. The largest absolute Gasteiger partial charge is 0.501 e. The number of nitrogens with zero attached hydrogens (tertiary/aromatic N) is 2. The van der Waals surface area contributed by atoms with Crippen LogP contribution in [0, 0.1) is 31.9 Å². The third-order valence-corrected chi connectivity index (χ3v) is 11.9. The number of benzene rings is 4. The molecular weight excluding hydrogens is 805 g/mol. The first-order valence-electron chi connectivity index (χ1n) is 17.6. The Labute approximate surface area is 311 Å². The van der Waals surface area contributed by atoms with Crippen molar-refractivity contribution in [1.82, 2.24) is 9.97 Å². The fourth-order valence-electron chi connectivity index (χ4n) is 7.19. The molecule has 255 valence electrons. The maximum atomic E-state index is 6.48. The van der Waals surface area contributed by atoms with Crippen LogP contribution >= 0.6 is 0 Å². The number of aromatic nitrogens is 2. The molecule has 3 aromatic heterocycles. The Morgan fingerprint density at radius 2 is 1.56 bits per heavy atom. The first-order chi connectivity index (χ1) is 23.7. The number of furan rings is 1. The Balaban J connectivity index is 0.000000215. The van der Waals surface area contributed by atoms with E-state index < -0.39 is 8.07 Å². The minimum absolute atomic E-state index is 0. The number of pyridine rings is 2. The summed E-state index contributed by atoms with van der Waals surface area (Å²) in [7, 11) is -1.23. The second kappa shape index (κ2) is 15.4. The summed E-state index contributed by atoms with van der Waals surface area (Å²) in [5, 5.41) is 3.65. The summed E-state index contributed by atoms with van der Waals surface area (Å²) in [5.41, 5.74) is 12.1. The Morgan fingerprint density at radius 1 is 0.760 bits per heavy atom. The Kier molecular flexibility index (Phi) is 11.0. The Morgan fingerprint density at radius 3 is 2.26 bits per heavy atom. The van der Waals surface area contributed by atoms with Gasteiger partial charge in [-0.2, -0.15) is 0 Å². The molecule has 1 aliphatic carbocycles. The summed E-state index contributed by atoms with van der Waals surface area (Å²) in [5.74, 6) is 0.814. The van der Waals surface area contributed by atoms with Crippen LogP contribution in [0.3, 0.4) is 0 Å². The van der Waals surface area contributed by atoms with Crippen molar-refractivity contribution in [2.75, 3.05) is 0 Å². The molecule has 5 heteroatoms. The van der Waals surface area contributed by atoms with Crippen LogP contribution in [-0.2, 0) is 26.5 Å². The van der Waals surface area contributed by atoms with Gasteiger partial charge in [0.15, 0.2) is 0 Å². The molecule has 8 rings (SSSR count). The number of hydrogen-bond acceptors (Lipinski definition) is 3. The zero-order valence-electron chi connectivity index (χ0n) is 29.6. The predicted molar refractivity (Wildman–Crippen MR) is 208 cm³/mol. The maximum Gasteiger partial charge on any atom is 0.121 e. The van der Waals surface area contributed by atoms with E-state index in [0.29, 0.717) is 0 Å². The Hall–Kier alpha value is -4.15. The summed E-state index contributed by atoms with van der Waals surface area (Å²) in [6, 6.07) is 40.4. The van der Waals surface area contributed by atoms with Crippen molar-refractivity contribution < 1.29 is 24.5 Å². The van der Waals surface area contributed by atoms with Crippen LogP contribution in [0.5, 0.6) is 0 Å². The van der Waals surface area contributed by atoms with Crippen molar-refractivity contribution in [3.8, 4) is 33.6 Å². The SMILES string of the molecule is C[Si](C)(C)c1ccc(-c2[c-]cccc2)nc1.Cc1cccc(C)c1-c1ccc2c(c1)oc1c(-c3cc(CC4CCCC4)ccn3)[c-]ccc12.[Ir]. The van der Waals surface area contributed by atoms with Gasteiger partial charge in [-0.05, 0) is 77.1 Å². The van der Waals surface area contributed by atoms with Crippen molar-refractivity contribution in [3.63, 3.8) is 0 Å². The molecule has 0 saturated heterocycles. The van der Waals surface area contributed by atoms with E-state index in [-0.39, 0.29) is 20.1 Å². The van der Waals surface area contributed by atoms with E-state index in [4.69, 9.17) is 9.40 Å². The van der Waals surface area contributed by atoms with Gasteiger partial charge in [-0.1, -0.05) is 110 Å². The van der Waals surface area contributed by atoms with Crippen LogP contribution in [0.15, 0.2) is 114 Å². The fraction of sp³-hybridized carbons (Fsp3) is 0.244. The average Bonchev–Trinajstić information content (AvgIpc) is 3.76. The zero-order valence-corrected chi connectivity index (χ0v) is 33.0. The van der Waals surface area contributed by atoms with E-state index in [0.717, 1.165) is 56.8 Å². The van der Waals surface area contributed by atoms with Crippen LogP contribution in [0.4, 0.5) is 0 Å². The summed E-state index contributed by atoms with van der Waals surface area (Å²) >= 11 is 0. The summed E-state index contributed by atoms with van der Waals surface area (Å²) < 4.78 is 6.48. The van der Waals surface area contributed by atoms with Crippen LogP contribution in [0.1, 0.15) is 42.4 Å². The summed E-state index contributed by atoms with van der Waals surface area (Å²) in [6.45, 7) is 11.3. The van der Waals surface area contributed by atoms with E-state index >= 15 is 0 Å². The smallest absolute Gasteiger partial charge is 0.121 e. The summed E-state index contributed by atoms with van der Waals surface area (Å²) in [6.07, 6.45) is 10.6. The van der Waals surface area contributed by atoms with E-state index in [2.05, 4.69) is 117 Å². The van der Waals surface area contributed by atoms with Crippen molar-refractivity contribution in [2.45, 2.75) is 65.6 Å². The van der Waals surface area contributed by atoms with Gasteiger partial charge in [0.2, 0.25) is 0 Å². The van der Waals surface area contributed by atoms with Gasteiger partial charge in [0.25, 0.3) is 0 Å². The summed E-state index contributed by atoms with van der Waals surface area (Å²) in [4.78, 5) is 9.22. The normalized spacial score (nSPS) is 13.2. The second-order valence-electron chi connectivity index (χ2n) is 14.5. The molecule has 1 radical (unpaired) electrons. The standard InChI is InChI=1S/C31H28NO.C14H16NSi.Ir/c1-20-7-5-8-21(2)30(20)24-13-14-25-26-11-6-12-27(31(26)33-29(25)19-24)28-18-23(15-16-32-28)17-22-9-3-4-10-22;1-16(2,3)13-9-10-14(15-11-13)12-7-5-4-6-8-12;/h5-8,11,13-16,18-19,22H,3-4,9-10,17H2,1-2H3;4-7,9-11H,1-3H3;/q2*-1;. The van der Waals surface area contributed by atoms with Gasteiger partial charge in [-0.25, -0.2) is 0 Å². The molecule has 50 heavy (non-hydrogen) atoms. The van der Waals surface area contributed by atoms with Crippen LogP contribution in [-0.4, -0.2) is 18.0 Å². The molecule has 3 heterocycles. The molecule has 0 N–H and O–H groups in total. The first-order valence-corrected chi connectivity index (χ1v) is 21.1. The van der Waals surface area contributed by atoms with E-state index in [1.54, 1.807) is 0 Å². The van der Waals surface area contributed by atoms with Crippen molar-refractivity contribution in [3.05, 3.63) is 138 Å². The van der Waals surface area contributed by atoms with Gasteiger partial charge in [0.1, 0.15) is 5.58 Å². The monoisotopic (exact) mass is 849 g/mol. The molecule has 0 amide bonds. The number of fused-ring (bicyclic) bond motifs is 3. The second-order valence-corrected chi connectivity index (χ2v) is 19.6. The van der Waals surface area contributed by atoms with E-state index in [1.165, 1.54) is 58.7 Å². The molecule has 1 saturated carbocycles. The third kappa shape index (κ3) is 7.76. The molecule has 0 atom stereocenters. The number of aryl methyl sites for hydroxylation is 2. The molecule has 7 aromatic rings. The van der Waals surface area contributed by atoms with Gasteiger partial charge >= 0.3 is 0 Å². The topological polar surface area (TPSA) is 38.9 Å². The molecular formula is C45H44IrN2OSi-2. The fourth-order valence-corrected chi connectivity index (χ4v) is 8.23. The van der Waals surface area contributed by atoms with Crippen LogP contribution < -0.4 is 5.19 Å². The van der Waals surface area contributed by atoms with Crippen LogP contribution in [0.25, 0.3) is 55.6 Å². The van der Waals surface area contributed by atoms with E-state index in [1.807, 2.05) is 42.7 Å². The molecule has 0 bridgehead atoms. The predicted octanol–water partition coefficient (Wildman–Crippen LogP) is 11.6. The molecule has 1 aliphatic rings. The van der Waals surface area contributed by atoms with Crippen LogP contribution in [0.2, 0.25) is 19.6 Å². The number of hydrogen-bond donors (Lipinski definition) is 0. The first kappa shape index (κ1) is 35.7. The molecule has 1 fully saturated rings. The van der Waals surface area contributed by atoms with Gasteiger partial charge in [-0.15, -0.1) is 54.1 Å². The van der Waals surface area contributed by atoms with Crippen molar-refractivity contribution >= 4 is 35.2 Å². The molecule has 3 nitrogen and oxygen atoms in total. The minimum atomic E-state index is -1.23. The average molecular weight is 849 g/mol. The number of rotatable bonds is 6. The quantitative estimate of drug-likeness (QED) is 0.124. The third-order valence-electron chi connectivity index (χ3n) is 9.90. The molecule has 0 aliphatic heterocycles. The minimum Gasteiger partial charge on any atom is -0.501 e. The van der Waals surface area contributed by atoms with Crippen molar-refractivity contribution in [1.29, 1.82) is 0 Å². The van der Waals surface area contributed by atoms with E-state index in [9.17, 15) is 0 Å². The van der Waals surface area contributed by atoms with Gasteiger partial charge in [0.05, 0.1) is 13.7 Å². The zero-order chi connectivity index (χ0) is 34.0. The van der Waals surface area contributed by atoms with Gasteiger partial charge in [0, 0.05) is 37.9 Å².